The maximum absolute atomic E-state index is 11.8. The predicted octanol–water partition coefficient (Wildman–Crippen LogP) is 2.81. The number of nitrogens with one attached hydrogen (secondary N) is 2. The summed E-state index contributed by atoms with van der Waals surface area (Å²) < 4.78 is 11.5. The van der Waals surface area contributed by atoms with Crippen molar-refractivity contribution >= 4 is 27.7 Å². The van der Waals surface area contributed by atoms with Crippen molar-refractivity contribution in [2.45, 2.75) is 20.8 Å². The third-order valence-corrected chi connectivity index (χ3v) is 3.65. The van der Waals surface area contributed by atoms with Gasteiger partial charge in [-0.3, -0.25) is 20.4 Å². The molecule has 6 nitrogen and oxygen atoms in total. The van der Waals surface area contributed by atoms with Gasteiger partial charge in [-0.2, -0.15) is 0 Å². The number of amides is 2. The third kappa shape index (κ3) is 4.35. The van der Waals surface area contributed by atoms with E-state index in [1.165, 1.54) is 12.3 Å². The summed E-state index contributed by atoms with van der Waals surface area (Å²) in [5.74, 6) is 0.233. The molecule has 0 saturated carbocycles. The highest BCUT2D eigenvalue weighted by molar-refractivity contribution is 9.10. The van der Waals surface area contributed by atoms with Crippen molar-refractivity contribution in [3.8, 4) is 5.75 Å². The van der Waals surface area contributed by atoms with Gasteiger partial charge in [-0.1, -0.05) is 15.9 Å². The normalized spacial score (nSPS) is 10.3. The molecule has 2 aromatic rings. The minimum atomic E-state index is -0.457. The number of benzene rings is 1. The number of rotatable bonds is 4. The molecule has 7 heteroatoms. The molecule has 0 saturated heterocycles. The summed E-state index contributed by atoms with van der Waals surface area (Å²) in [4.78, 5) is 23.6. The van der Waals surface area contributed by atoms with Crippen LogP contribution in [-0.4, -0.2) is 18.4 Å². The molecule has 1 aromatic heterocycles. The van der Waals surface area contributed by atoms with E-state index >= 15 is 0 Å². The highest BCUT2D eigenvalue weighted by Gasteiger charge is 2.13. The van der Waals surface area contributed by atoms with E-state index in [0.717, 1.165) is 15.6 Å². The molecule has 2 N–H and O–H groups in total. The zero-order chi connectivity index (χ0) is 17.0. The highest BCUT2D eigenvalue weighted by atomic mass is 79.9. The molecule has 2 amide bonds. The fourth-order valence-electron chi connectivity index (χ4n) is 2.11. The molecule has 122 valence electrons. The molecular formula is C16H17BrN2O4. The molecule has 2 rings (SSSR count). The van der Waals surface area contributed by atoms with E-state index in [1.807, 2.05) is 26.0 Å². The van der Waals surface area contributed by atoms with Gasteiger partial charge in [0.15, 0.2) is 6.61 Å². The molecule has 0 aliphatic rings. The van der Waals surface area contributed by atoms with Gasteiger partial charge in [0.2, 0.25) is 0 Å². The molecule has 0 aliphatic heterocycles. The van der Waals surface area contributed by atoms with Crippen molar-refractivity contribution in [1.29, 1.82) is 0 Å². The van der Waals surface area contributed by atoms with Crippen LogP contribution in [0.1, 0.15) is 27.2 Å². The Hall–Kier alpha value is -2.28. The number of ether oxygens (including phenoxy) is 1. The summed E-state index contributed by atoms with van der Waals surface area (Å²) in [6, 6.07) is 5.34. The number of halogens is 1. The van der Waals surface area contributed by atoms with Crippen molar-refractivity contribution in [2.75, 3.05) is 6.61 Å². The van der Waals surface area contributed by atoms with Crippen LogP contribution in [0.2, 0.25) is 0 Å². The Kier molecular flexibility index (Phi) is 5.44. The molecular weight excluding hydrogens is 364 g/mol. The fourth-order valence-corrected chi connectivity index (χ4v) is 2.80. The second kappa shape index (κ2) is 7.32. The summed E-state index contributed by atoms with van der Waals surface area (Å²) in [6.45, 7) is 5.26. The molecule has 0 bridgehead atoms. The van der Waals surface area contributed by atoms with Crippen LogP contribution in [-0.2, 0) is 4.79 Å². The van der Waals surface area contributed by atoms with Crippen LogP contribution < -0.4 is 15.6 Å². The molecule has 0 unspecified atom stereocenters. The highest BCUT2D eigenvalue weighted by Crippen LogP contribution is 2.27. The molecule has 0 spiro atoms. The Morgan fingerprint density at radius 2 is 1.83 bits per heavy atom. The van der Waals surface area contributed by atoms with Gasteiger partial charge in [0.25, 0.3) is 11.8 Å². The predicted molar refractivity (Wildman–Crippen MR) is 88.2 cm³/mol. The van der Waals surface area contributed by atoms with Crippen LogP contribution in [0.15, 0.2) is 33.4 Å². The lowest BCUT2D eigenvalue weighted by molar-refractivity contribution is -0.123. The van der Waals surface area contributed by atoms with E-state index < -0.39 is 11.8 Å². The van der Waals surface area contributed by atoms with Gasteiger partial charge < -0.3 is 9.15 Å². The first-order valence-corrected chi connectivity index (χ1v) is 7.70. The van der Waals surface area contributed by atoms with Crippen LogP contribution in [0.4, 0.5) is 0 Å². The fraction of sp³-hybridized carbons (Fsp3) is 0.250. The van der Waals surface area contributed by atoms with Gasteiger partial charge in [0, 0.05) is 4.47 Å². The van der Waals surface area contributed by atoms with Crippen molar-refractivity contribution in [3.63, 3.8) is 0 Å². The van der Waals surface area contributed by atoms with Gasteiger partial charge >= 0.3 is 0 Å². The van der Waals surface area contributed by atoms with E-state index in [2.05, 4.69) is 26.8 Å². The Morgan fingerprint density at radius 3 is 2.39 bits per heavy atom. The van der Waals surface area contributed by atoms with Crippen molar-refractivity contribution < 1.29 is 18.7 Å². The molecule has 1 heterocycles. The van der Waals surface area contributed by atoms with Crippen molar-refractivity contribution in [3.05, 3.63) is 51.4 Å². The first-order chi connectivity index (χ1) is 10.9. The largest absolute Gasteiger partial charge is 0.483 e. The van der Waals surface area contributed by atoms with E-state index in [-0.39, 0.29) is 6.61 Å². The number of hydrogen-bond donors (Lipinski definition) is 2. The minimum absolute atomic E-state index is 0.200. The average Bonchev–Trinajstić information content (AvgIpc) is 2.89. The van der Waals surface area contributed by atoms with Gasteiger partial charge in [0.05, 0.1) is 11.8 Å². The lowest BCUT2D eigenvalue weighted by atomic mass is 10.1. The summed E-state index contributed by atoms with van der Waals surface area (Å²) >= 11 is 3.40. The first-order valence-electron chi connectivity index (χ1n) is 6.91. The Balaban J connectivity index is 1.87. The van der Waals surface area contributed by atoms with E-state index in [4.69, 9.17) is 9.15 Å². The quantitative estimate of drug-likeness (QED) is 0.799. The minimum Gasteiger partial charge on any atom is -0.483 e. The number of aryl methyl sites for hydroxylation is 3. The lowest BCUT2D eigenvalue weighted by Gasteiger charge is -2.13. The Morgan fingerprint density at radius 1 is 1.17 bits per heavy atom. The molecule has 0 fully saturated rings. The van der Waals surface area contributed by atoms with E-state index in [9.17, 15) is 9.59 Å². The van der Waals surface area contributed by atoms with E-state index in [1.54, 1.807) is 6.92 Å². The maximum Gasteiger partial charge on any atom is 0.276 e. The second-order valence-electron chi connectivity index (χ2n) is 5.05. The molecule has 1 aromatic carbocycles. The number of carbonyl (C=O) groups excluding carboxylic acids is 2. The van der Waals surface area contributed by atoms with Crippen LogP contribution in [0, 0.1) is 20.8 Å². The van der Waals surface area contributed by atoms with Crippen molar-refractivity contribution in [2.24, 2.45) is 0 Å². The summed E-state index contributed by atoms with van der Waals surface area (Å²) in [7, 11) is 0. The molecule has 0 atom stereocenters. The topological polar surface area (TPSA) is 80.6 Å². The third-order valence-electron chi connectivity index (χ3n) is 3.19. The number of furan rings is 1. The number of hydrogen-bond acceptors (Lipinski definition) is 4. The van der Waals surface area contributed by atoms with Gasteiger partial charge in [-0.25, -0.2) is 0 Å². The van der Waals surface area contributed by atoms with Gasteiger partial charge in [0.1, 0.15) is 11.5 Å². The van der Waals surface area contributed by atoms with Crippen molar-refractivity contribution in [1.82, 2.24) is 10.9 Å². The average molecular weight is 381 g/mol. The Labute approximate surface area is 142 Å². The number of hydrazine groups is 1. The SMILES string of the molecule is Cc1cc(Br)cc(C)c1OCC(=O)NNC(=O)c1ccoc1C. The zero-order valence-corrected chi connectivity index (χ0v) is 14.6. The van der Waals surface area contributed by atoms with Crippen LogP contribution >= 0.6 is 15.9 Å². The Bertz CT molecular complexity index is 716. The smallest absolute Gasteiger partial charge is 0.276 e. The maximum atomic E-state index is 11.8. The van der Waals surface area contributed by atoms with Gasteiger partial charge in [-0.05, 0) is 50.1 Å². The molecule has 0 aliphatic carbocycles. The lowest BCUT2D eigenvalue weighted by Crippen LogP contribution is -2.43. The summed E-state index contributed by atoms with van der Waals surface area (Å²) in [5, 5.41) is 0. The van der Waals surface area contributed by atoms with Crippen LogP contribution in [0.3, 0.4) is 0 Å². The molecule has 0 radical (unpaired) electrons. The summed E-state index contributed by atoms with van der Waals surface area (Å²) in [6.07, 6.45) is 1.41. The summed E-state index contributed by atoms with van der Waals surface area (Å²) in [5.41, 5.74) is 6.82. The second-order valence-corrected chi connectivity index (χ2v) is 5.97. The first kappa shape index (κ1) is 17.1. The number of carbonyl (C=O) groups is 2. The van der Waals surface area contributed by atoms with Crippen LogP contribution in [0.5, 0.6) is 5.75 Å². The van der Waals surface area contributed by atoms with Crippen LogP contribution in [0.25, 0.3) is 0 Å². The standard InChI is InChI=1S/C16H17BrN2O4/c1-9-6-12(17)7-10(2)15(9)23-8-14(20)18-19-16(21)13-4-5-22-11(13)3/h4-7H,8H2,1-3H3,(H,18,20)(H,19,21). The van der Waals surface area contributed by atoms with E-state index in [0.29, 0.717) is 17.1 Å². The monoisotopic (exact) mass is 380 g/mol. The molecule has 23 heavy (non-hydrogen) atoms. The zero-order valence-electron chi connectivity index (χ0n) is 13.0. The van der Waals surface area contributed by atoms with Gasteiger partial charge in [-0.15, -0.1) is 0 Å².